The number of aliphatic hydroxyl groups is 1. The molecule has 1 aliphatic rings. The third kappa shape index (κ3) is 2.84. The molecule has 1 heterocycles. The van der Waals surface area contributed by atoms with Gasteiger partial charge in [-0.05, 0) is 23.8 Å². The molecule has 0 bridgehead atoms. The normalized spacial score (nSPS) is 18.1. The van der Waals surface area contributed by atoms with Gasteiger partial charge in [0.1, 0.15) is 12.4 Å². The molecule has 0 saturated heterocycles. The monoisotopic (exact) mass is 376 g/mol. The molecule has 0 fully saturated rings. The number of carbonyl (C=O) groups is 2. The van der Waals surface area contributed by atoms with Crippen LogP contribution in [0.25, 0.3) is 0 Å². The van der Waals surface area contributed by atoms with Gasteiger partial charge in [-0.2, -0.15) is 0 Å². The van der Waals surface area contributed by atoms with Crippen LogP contribution >= 0.6 is 0 Å². The lowest BCUT2D eigenvalue weighted by Crippen LogP contribution is -2.44. The molecule has 0 radical (unpaired) electrons. The topological polar surface area (TPSA) is 69.6 Å². The Morgan fingerprint density at radius 1 is 0.964 bits per heavy atom. The Balaban J connectivity index is 1.66. The van der Waals surface area contributed by atoms with E-state index < -0.39 is 23.2 Å². The quantitative estimate of drug-likeness (QED) is 0.735. The van der Waals surface area contributed by atoms with Gasteiger partial charge in [-0.15, -0.1) is 0 Å². The second kappa shape index (κ2) is 6.90. The second-order valence-corrected chi connectivity index (χ2v) is 6.51. The van der Waals surface area contributed by atoms with Crippen molar-refractivity contribution < 1.29 is 19.1 Å². The molecule has 0 aliphatic carbocycles. The zero-order valence-corrected chi connectivity index (χ0v) is 14.8. The fraction of sp³-hybridized carbons (Fsp3) is 0.0909. The van der Waals surface area contributed by atoms with Crippen molar-refractivity contribution in [3.05, 3.63) is 95.8 Å². The number of carbonyl (C=O) groups excluding carboxylic acids is 2. The summed E-state index contributed by atoms with van der Waals surface area (Å²) in [5.41, 5.74) is -0.571. The van der Waals surface area contributed by atoms with Crippen LogP contribution in [0.3, 0.4) is 0 Å². The maximum Gasteiger partial charge on any atom is 0.268 e. The van der Waals surface area contributed by atoms with Crippen molar-refractivity contribution in [2.75, 3.05) is 16.8 Å². The van der Waals surface area contributed by atoms with E-state index in [-0.39, 0.29) is 12.2 Å². The highest BCUT2D eigenvalue weighted by molar-refractivity contribution is 6.12. The van der Waals surface area contributed by atoms with Crippen molar-refractivity contribution in [1.29, 1.82) is 0 Å². The van der Waals surface area contributed by atoms with E-state index in [0.717, 1.165) is 0 Å². The number of hydrogen-bond donors (Lipinski definition) is 2. The average Bonchev–Trinajstić information content (AvgIpc) is 2.93. The first-order chi connectivity index (χ1) is 13.5. The highest BCUT2D eigenvalue weighted by atomic mass is 19.1. The minimum absolute atomic E-state index is 0.0331. The van der Waals surface area contributed by atoms with Crippen molar-refractivity contribution in [2.45, 2.75) is 5.60 Å². The molecule has 0 spiro atoms. The number of fused-ring (bicyclic) bond motifs is 1. The number of hydrogen-bond acceptors (Lipinski definition) is 3. The summed E-state index contributed by atoms with van der Waals surface area (Å²) < 4.78 is 13.8. The van der Waals surface area contributed by atoms with Crippen LogP contribution in [-0.4, -0.2) is 23.5 Å². The second-order valence-electron chi connectivity index (χ2n) is 6.51. The lowest BCUT2D eigenvalue weighted by atomic mass is 9.88. The predicted molar refractivity (Wildman–Crippen MR) is 103 cm³/mol. The summed E-state index contributed by atoms with van der Waals surface area (Å²) in [4.78, 5) is 26.9. The average molecular weight is 376 g/mol. The SMILES string of the molecule is O=C(CN1C(=O)C(O)(c2ccccc2)c2ccccc21)Nc1ccccc1F. The lowest BCUT2D eigenvalue weighted by Gasteiger charge is -2.23. The lowest BCUT2D eigenvalue weighted by molar-refractivity contribution is -0.133. The molecule has 1 unspecified atom stereocenters. The third-order valence-electron chi connectivity index (χ3n) is 4.78. The summed E-state index contributed by atoms with van der Waals surface area (Å²) in [6.45, 7) is -0.348. The molecule has 6 heteroatoms. The fourth-order valence-electron chi connectivity index (χ4n) is 3.45. The van der Waals surface area contributed by atoms with Gasteiger partial charge < -0.3 is 10.4 Å². The number of amides is 2. The van der Waals surface area contributed by atoms with Gasteiger partial charge in [0, 0.05) is 5.56 Å². The van der Waals surface area contributed by atoms with E-state index in [1.54, 1.807) is 60.7 Å². The molecule has 0 saturated carbocycles. The molecule has 2 N–H and O–H groups in total. The van der Waals surface area contributed by atoms with Gasteiger partial charge in [0.2, 0.25) is 5.91 Å². The summed E-state index contributed by atoms with van der Waals surface area (Å²) in [6, 6.07) is 21.2. The fourth-order valence-corrected chi connectivity index (χ4v) is 3.45. The van der Waals surface area contributed by atoms with Gasteiger partial charge in [-0.25, -0.2) is 4.39 Å². The van der Waals surface area contributed by atoms with Crippen molar-refractivity contribution in [3.63, 3.8) is 0 Å². The van der Waals surface area contributed by atoms with Crippen molar-refractivity contribution in [2.24, 2.45) is 0 Å². The van der Waals surface area contributed by atoms with Crippen LogP contribution in [0.2, 0.25) is 0 Å². The number of anilines is 2. The molecule has 28 heavy (non-hydrogen) atoms. The number of nitrogens with zero attached hydrogens (tertiary/aromatic N) is 1. The first-order valence-electron chi connectivity index (χ1n) is 8.75. The summed E-state index contributed by atoms with van der Waals surface area (Å²) in [7, 11) is 0. The number of nitrogens with one attached hydrogen (secondary N) is 1. The summed E-state index contributed by atoms with van der Waals surface area (Å²) in [5.74, 6) is -1.75. The Hall–Kier alpha value is -3.51. The molecule has 3 aromatic carbocycles. The van der Waals surface area contributed by atoms with Crippen LogP contribution in [0.15, 0.2) is 78.9 Å². The van der Waals surface area contributed by atoms with Gasteiger partial charge in [0.15, 0.2) is 5.60 Å². The van der Waals surface area contributed by atoms with E-state index in [4.69, 9.17) is 0 Å². The van der Waals surface area contributed by atoms with Gasteiger partial charge >= 0.3 is 0 Å². The van der Waals surface area contributed by atoms with E-state index >= 15 is 0 Å². The van der Waals surface area contributed by atoms with Gasteiger partial charge in [-0.3, -0.25) is 14.5 Å². The van der Waals surface area contributed by atoms with Crippen molar-refractivity contribution >= 4 is 23.2 Å². The molecule has 5 nitrogen and oxygen atoms in total. The molecular formula is C22H17FN2O3. The van der Waals surface area contributed by atoms with Gasteiger partial charge in [-0.1, -0.05) is 60.7 Å². The number of benzene rings is 3. The van der Waals surface area contributed by atoms with Crippen LogP contribution in [0.5, 0.6) is 0 Å². The van der Waals surface area contributed by atoms with Gasteiger partial charge in [0.05, 0.1) is 11.4 Å². The molecular weight excluding hydrogens is 359 g/mol. The van der Waals surface area contributed by atoms with E-state index in [0.29, 0.717) is 16.8 Å². The van der Waals surface area contributed by atoms with E-state index in [9.17, 15) is 19.1 Å². The van der Waals surface area contributed by atoms with Crippen molar-refractivity contribution in [1.82, 2.24) is 0 Å². The highest BCUT2D eigenvalue weighted by Crippen LogP contribution is 2.44. The number of halogens is 1. The Morgan fingerprint density at radius 3 is 2.36 bits per heavy atom. The van der Waals surface area contributed by atoms with Crippen LogP contribution < -0.4 is 10.2 Å². The molecule has 3 aromatic rings. The number of rotatable bonds is 4. The molecule has 1 atom stereocenters. The predicted octanol–water partition coefficient (Wildman–Crippen LogP) is 3.05. The Kier molecular flexibility index (Phi) is 4.41. The third-order valence-corrected chi connectivity index (χ3v) is 4.78. The van der Waals surface area contributed by atoms with Crippen LogP contribution in [-0.2, 0) is 15.2 Å². The van der Waals surface area contributed by atoms with Crippen LogP contribution in [0, 0.1) is 5.82 Å². The Morgan fingerprint density at radius 2 is 1.61 bits per heavy atom. The Labute approximate surface area is 161 Å². The van der Waals surface area contributed by atoms with Gasteiger partial charge in [0.25, 0.3) is 5.91 Å². The van der Waals surface area contributed by atoms with Crippen molar-refractivity contribution in [3.8, 4) is 0 Å². The Bertz CT molecular complexity index is 1050. The standard InChI is InChI=1S/C22H17FN2O3/c23-17-11-5-6-12-18(17)24-20(26)14-25-19-13-7-4-10-16(19)22(28,21(25)27)15-8-2-1-3-9-15/h1-13,28H,14H2,(H,24,26). The summed E-state index contributed by atoms with van der Waals surface area (Å²) >= 11 is 0. The summed E-state index contributed by atoms with van der Waals surface area (Å²) in [5, 5.41) is 13.8. The highest BCUT2D eigenvalue weighted by Gasteiger charge is 2.51. The van der Waals surface area contributed by atoms with Crippen LogP contribution in [0.4, 0.5) is 15.8 Å². The summed E-state index contributed by atoms with van der Waals surface area (Å²) in [6.07, 6.45) is 0. The maximum absolute atomic E-state index is 13.8. The van der Waals surface area contributed by atoms with E-state index in [1.165, 1.54) is 23.1 Å². The first-order valence-corrected chi connectivity index (χ1v) is 8.75. The first kappa shape index (κ1) is 17.9. The van der Waals surface area contributed by atoms with Crippen LogP contribution in [0.1, 0.15) is 11.1 Å². The van der Waals surface area contributed by atoms with E-state index in [2.05, 4.69) is 5.32 Å². The minimum Gasteiger partial charge on any atom is -0.372 e. The maximum atomic E-state index is 13.8. The molecule has 1 aliphatic heterocycles. The molecule has 0 aromatic heterocycles. The minimum atomic E-state index is -1.88. The molecule has 4 rings (SSSR count). The number of para-hydroxylation sites is 2. The zero-order valence-electron chi connectivity index (χ0n) is 14.8. The van der Waals surface area contributed by atoms with E-state index in [1.807, 2.05) is 0 Å². The zero-order chi connectivity index (χ0) is 19.7. The largest absolute Gasteiger partial charge is 0.372 e. The molecule has 140 valence electrons. The molecule has 2 amide bonds. The smallest absolute Gasteiger partial charge is 0.268 e.